The Kier molecular flexibility index (Phi) is 34.5. The monoisotopic (exact) mass is 1490 g/mol. The molecular formula is C59H86BBr3CuLiN16Na2O7. The number of azide groups is 3. The number of alkyl halides is 1. The van der Waals surface area contributed by atoms with Gasteiger partial charge in [0.25, 0.3) is 0 Å². The van der Waals surface area contributed by atoms with E-state index in [1.54, 1.807) is 0 Å². The van der Waals surface area contributed by atoms with Gasteiger partial charge in [-0.3, -0.25) is 29.0 Å². The van der Waals surface area contributed by atoms with Crippen LogP contribution < -0.4 is 83.7 Å². The van der Waals surface area contributed by atoms with Crippen molar-refractivity contribution in [1.82, 2.24) is 0 Å². The van der Waals surface area contributed by atoms with E-state index in [0.717, 1.165) is 108 Å². The van der Waals surface area contributed by atoms with Gasteiger partial charge in [-0.2, -0.15) is 0 Å². The Morgan fingerprint density at radius 1 is 0.600 bits per heavy atom. The normalized spacial score (nSPS) is 40.3. The van der Waals surface area contributed by atoms with Crippen molar-refractivity contribution in [2.75, 3.05) is 0 Å². The number of hydrogen-bond acceptors (Lipinski definition) is 11. The number of carbonyl (C=O) groups is 4. The van der Waals surface area contributed by atoms with Gasteiger partial charge in [-0.15, -0.1) is 0 Å². The van der Waals surface area contributed by atoms with E-state index >= 15 is 0 Å². The molecule has 0 amide bonds. The fourth-order valence-corrected chi connectivity index (χ4v) is 18.6. The molecule has 12 fully saturated rings. The summed E-state index contributed by atoms with van der Waals surface area (Å²) >= 11 is 10.8. The average Bonchev–Trinajstić information content (AvgIpc) is 1.97. The number of Topliss-reactive ketones (excluding diaryl/α,β-unsaturated/α-hetero) is 4. The number of aliphatic hydroxyl groups excluding tert-OH is 3. The first-order chi connectivity index (χ1) is 40.7. The number of aryl methyl sites for hydroxylation is 1. The summed E-state index contributed by atoms with van der Waals surface area (Å²) < 4.78 is 0. The number of carbonyl (C=O) groups excluding carboxylic acids is 4. The summed E-state index contributed by atoms with van der Waals surface area (Å²) in [7, 11) is 0. The summed E-state index contributed by atoms with van der Waals surface area (Å²) in [5.74, 6) is 6.37. The van der Waals surface area contributed by atoms with Gasteiger partial charge in [-0.25, -0.2) is 0 Å². The Morgan fingerprint density at radius 3 is 1.36 bits per heavy atom. The third kappa shape index (κ3) is 17.2. The predicted octanol–water partition coefficient (Wildman–Crippen LogP) is 6.36. The van der Waals surface area contributed by atoms with Crippen LogP contribution in [0.25, 0.3) is 63.3 Å². The smallest absolute Gasteiger partial charge is 1.00 e. The molecule has 1 aromatic rings. The van der Waals surface area contributed by atoms with Crippen LogP contribution in [0.15, 0.2) is 33.5 Å². The molecule has 0 saturated heterocycles. The van der Waals surface area contributed by atoms with Crippen LogP contribution in [0.2, 0.25) is 0 Å². The van der Waals surface area contributed by atoms with Crippen molar-refractivity contribution in [1.29, 1.82) is 0 Å². The van der Waals surface area contributed by atoms with Crippen LogP contribution in [0.5, 0.6) is 0 Å². The van der Waals surface area contributed by atoms with Crippen LogP contribution >= 0.6 is 44.2 Å². The van der Waals surface area contributed by atoms with Crippen molar-refractivity contribution in [2.24, 2.45) is 95.0 Å². The number of aliphatic hydroxyl groups is 3. The summed E-state index contributed by atoms with van der Waals surface area (Å²) in [6, 6.07) is 5.66. The summed E-state index contributed by atoms with van der Waals surface area (Å²) in [6.45, 7) is 12.7. The molecule has 14 rings (SSSR count). The van der Waals surface area contributed by atoms with Crippen molar-refractivity contribution >= 4 is 75.7 Å². The number of ketones is 4. The number of benzene rings is 1. The number of hydrogen-bond donors (Lipinski definition) is 4. The molecule has 0 bridgehead atoms. The minimum atomic E-state index is -0.410. The topological polar surface area (TPSA) is 419 Å². The third-order valence-corrected chi connectivity index (χ3v) is 25.0. The quantitative estimate of drug-likeness (QED) is 0.0862. The van der Waals surface area contributed by atoms with Gasteiger partial charge < -0.3 is 44.6 Å². The van der Waals surface area contributed by atoms with E-state index in [1.165, 1.54) is 64.4 Å². The van der Waals surface area contributed by atoms with Gasteiger partial charge in [0, 0.05) is 51.2 Å². The van der Waals surface area contributed by atoms with Crippen molar-refractivity contribution in [2.45, 2.75) is 230 Å². The molecule has 1 aromatic carbocycles. The van der Waals surface area contributed by atoms with Crippen LogP contribution in [0.1, 0.15) is 194 Å². The zero-order chi connectivity index (χ0) is 63.7. The van der Waals surface area contributed by atoms with E-state index < -0.39 is 12.2 Å². The van der Waals surface area contributed by atoms with Gasteiger partial charge in [0.05, 0.1) is 47.8 Å². The number of nitrogens with zero attached hydrogens (tertiary/aromatic N) is 15. The minimum absolute atomic E-state index is 0. The Hall–Kier alpha value is -1.09. The summed E-state index contributed by atoms with van der Waals surface area (Å²) in [6.07, 6.45) is 21.5. The Labute approximate surface area is 617 Å². The molecule has 5 N–H and O–H groups in total. The van der Waals surface area contributed by atoms with Crippen LogP contribution in [0.4, 0.5) is 0 Å². The summed E-state index contributed by atoms with van der Waals surface area (Å²) in [5, 5.41) is 39.7. The molecule has 3 radical (unpaired) electrons. The van der Waals surface area contributed by atoms with Crippen molar-refractivity contribution in [3.05, 3.63) is 98.2 Å². The molecule has 13 aliphatic rings. The number of rotatable bonds is 4. The van der Waals surface area contributed by atoms with E-state index in [0.29, 0.717) is 64.7 Å². The van der Waals surface area contributed by atoms with Crippen molar-refractivity contribution in [3.8, 4) is 0 Å². The van der Waals surface area contributed by atoms with Crippen LogP contribution in [-0.4, -0.2) is 88.1 Å². The van der Waals surface area contributed by atoms with E-state index in [4.69, 9.17) is 44.5 Å². The Bertz CT molecular complexity index is 2820. The molecule has 21 atom stereocenters. The first-order valence-corrected chi connectivity index (χ1v) is 35.8. The molecule has 0 spiro atoms. The molecule has 90 heavy (non-hydrogen) atoms. The third-order valence-electron chi connectivity index (χ3n) is 24.2. The second kappa shape index (κ2) is 36.5. The molecule has 13 aliphatic carbocycles. The fourth-order valence-electron chi connectivity index (χ4n) is 17.7. The van der Waals surface area contributed by atoms with Gasteiger partial charge in [-0.1, -0.05) is 91.0 Å². The summed E-state index contributed by atoms with van der Waals surface area (Å²) in [5.41, 5.74) is 61.4. The zero-order valence-corrected chi connectivity index (χ0v) is 63.4. The van der Waals surface area contributed by atoms with Gasteiger partial charge in [-0.05, 0) is 220 Å². The van der Waals surface area contributed by atoms with E-state index in [9.17, 15) is 34.5 Å². The second-order valence-electron chi connectivity index (χ2n) is 27.7. The predicted molar refractivity (Wildman–Crippen MR) is 341 cm³/mol. The number of nitrogens with two attached hydrogens (primary N) is 1. The van der Waals surface area contributed by atoms with E-state index in [2.05, 4.69) is 127 Å². The summed E-state index contributed by atoms with van der Waals surface area (Å²) in [4.78, 5) is 58.1. The molecule has 0 aromatic heterocycles. The molecule has 482 valence electrons. The van der Waals surface area contributed by atoms with Gasteiger partial charge in [0.2, 0.25) is 0 Å². The Balaban J connectivity index is 0.000000535. The van der Waals surface area contributed by atoms with Crippen LogP contribution in [0.3, 0.4) is 0 Å². The first-order valence-electron chi connectivity index (χ1n) is 30.3. The van der Waals surface area contributed by atoms with Crippen molar-refractivity contribution in [3.63, 3.8) is 0 Å². The first kappa shape index (κ1) is 85.0. The zero-order valence-electron chi connectivity index (χ0n) is 54.7. The molecule has 31 heteroatoms. The molecular weight excluding hydrogens is 1410 g/mol. The standard InChI is InChI=1S/C19H24O2.C8H11BrO.2C8H13N3O.C8H11N3O.C8H13NO.B.2BrH.Cu.Li.2N3.2Na.H/c1-19-9-8-15-14-4-2-12(11-20)10-13(14)3-5-16(15)17(19)6-7-18(19)21;1-8-3-2-5(8)4-6(9)7(8)10;3*1-8-3-2-5(8)4-6(7(8)12)10-11-9;1-8-3-2-5(8)4-6(9)7(8)10;;;;;;2*1-3-2;;;/h2,4,10,15-17,20H,3,5-9,11H2,1H3;5-6H,2-4H2,1H3;2*5-7,12H,2-4H2,1H3;5-6H,2-4H2,1H3;5-6H,2-4,9H2,1H3;;2*1H;;;;;;;/q;;;;;;;;;+2;+1;2*-1;2*+1;-1/p-2/t15?,16?,17?,19-;5?,6?,8-;5?,6-,7-,8+;5?,6-,7-,8-;2*5?,6?,8-;;;;;;;;;;/m110111........../s1. The maximum atomic E-state index is 12.3. The molecule has 12 saturated carbocycles. The van der Waals surface area contributed by atoms with Crippen LogP contribution in [0, 0.1) is 73.9 Å². The minimum Gasteiger partial charge on any atom is -1.00 e. The molecule has 0 aliphatic heterocycles. The van der Waals surface area contributed by atoms with Crippen molar-refractivity contribution < 1.29 is 125 Å². The van der Waals surface area contributed by atoms with Gasteiger partial charge in [0.15, 0.2) is 11.6 Å². The molecule has 11 unspecified atom stereocenters. The largest absolute Gasteiger partial charge is 1.00 e. The fraction of sp³-hybridized carbons (Fsp3) is 0.831. The van der Waals surface area contributed by atoms with Crippen LogP contribution in [-0.2, 0) is 43.5 Å². The van der Waals surface area contributed by atoms with Gasteiger partial charge in [0.1, 0.15) is 11.6 Å². The maximum Gasteiger partial charge on any atom is 1.00 e. The molecule has 0 heterocycles. The van der Waals surface area contributed by atoms with Gasteiger partial charge >= 0.3 is 118 Å². The van der Waals surface area contributed by atoms with E-state index in [1.807, 2.05) is 6.92 Å². The Morgan fingerprint density at radius 2 is 1.03 bits per heavy atom. The van der Waals surface area contributed by atoms with E-state index in [-0.39, 0.29) is 162 Å². The second-order valence-corrected chi connectivity index (χ2v) is 33.5. The average molecular weight is 1500 g/mol. The number of halogens is 3. The SMILES string of the molecule is C[C@@]12CCC1CC(Br)C2=O.C[C@@]12CCC1CC(N)C2=O.C[C@@]12CCC1CC(N=[N+]=[N-])C2=O.C[C@@]12CCC1C[C@@H](N=[N+]=[N-])[C@H]2O.C[C@@]12CCC1C[C@H](N=[N+]=[N-])[C@@H]2O.C[C@@]12CCC3c4ccc(CO)cc4CCC3C1CCC2=O.[B].[Br][Cu][Br].[H-].[Li+].[N-]=[N+]=[N-].[N-]=[N+]=[N-].[Na+].[Na+]. The maximum absolute atomic E-state index is 12.3. The number of fused-ring (bicyclic) bond motifs is 10. The molecule has 23 nitrogen and oxygen atoms in total.